The van der Waals surface area contributed by atoms with E-state index in [-0.39, 0.29) is 30.0 Å². The first-order valence-corrected chi connectivity index (χ1v) is 7.17. The summed E-state index contributed by atoms with van der Waals surface area (Å²) < 4.78 is 5.65. The molecule has 0 aromatic heterocycles. The quantitative estimate of drug-likeness (QED) is 0.773. The van der Waals surface area contributed by atoms with Crippen LogP contribution in [0, 0.1) is 11.3 Å². The van der Waals surface area contributed by atoms with E-state index in [2.05, 4.69) is 0 Å². The zero-order chi connectivity index (χ0) is 14.3. The standard InChI is InChI=1S/C14H26N2O3/c1-4-19-11-7-14(15,13(11,2)3)12(18)16-6-5-10(8-16)9-17/h10-11,17H,4-9,15H2,1-3H3. The van der Waals surface area contributed by atoms with Gasteiger partial charge in [-0.1, -0.05) is 13.8 Å². The predicted octanol–water partition coefficient (Wildman–Crippen LogP) is 0.360. The van der Waals surface area contributed by atoms with Gasteiger partial charge >= 0.3 is 0 Å². The summed E-state index contributed by atoms with van der Waals surface area (Å²) in [6.45, 7) is 8.10. The van der Waals surface area contributed by atoms with E-state index < -0.39 is 5.54 Å². The SMILES string of the molecule is CCOC1CC(N)(C(=O)N2CCC(CO)C2)C1(C)C. The zero-order valence-corrected chi connectivity index (χ0v) is 12.2. The number of aliphatic hydroxyl groups is 1. The van der Waals surface area contributed by atoms with Gasteiger partial charge in [0.25, 0.3) is 0 Å². The number of hydrogen-bond donors (Lipinski definition) is 2. The Bertz CT molecular complexity index is 359. The monoisotopic (exact) mass is 270 g/mol. The molecule has 2 fully saturated rings. The minimum Gasteiger partial charge on any atom is -0.396 e. The van der Waals surface area contributed by atoms with Crippen LogP contribution in [0.4, 0.5) is 0 Å². The van der Waals surface area contributed by atoms with Gasteiger partial charge in [0.2, 0.25) is 5.91 Å². The van der Waals surface area contributed by atoms with E-state index in [0.29, 0.717) is 26.1 Å². The molecule has 19 heavy (non-hydrogen) atoms. The molecule has 1 saturated carbocycles. The van der Waals surface area contributed by atoms with Gasteiger partial charge in [-0.2, -0.15) is 0 Å². The Morgan fingerprint density at radius 3 is 2.68 bits per heavy atom. The summed E-state index contributed by atoms with van der Waals surface area (Å²) in [5.74, 6) is 0.225. The first-order chi connectivity index (χ1) is 8.86. The van der Waals surface area contributed by atoms with E-state index in [9.17, 15) is 4.79 Å². The van der Waals surface area contributed by atoms with Crippen molar-refractivity contribution >= 4 is 5.91 Å². The molecule has 1 amide bonds. The van der Waals surface area contributed by atoms with Crippen molar-refractivity contribution < 1.29 is 14.6 Å². The Morgan fingerprint density at radius 2 is 2.21 bits per heavy atom. The van der Waals surface area contributed by atoms with Crippen molar-refractivity contribution in [3.05, 3.63) is 0 Å². The Balaban J connectivity index is 2.04. The molecule has 3 atom stereocenters. The van der Waals surface area contributed by atoms with Crippen LogP contribution < -0.4 is 5.73 Å². The number of amides is 1. The van der Waals surface area contributed by atoms with Gasteiger partial charge in [0, 0.05) is 44.1 Å². The molecule has 1 heterocycles. The number of nitrogens with zero attached hydrogens (tertiary/aromatic N) is 1. The van der Waals surface area contributed by atoms with Crippen LogP contribution in [-0.2, 0) is 9.53 Å². The number of likely N-dealkylation sites (tertiary alicyclic amines) is 1. The van der Waals surface area contributed by atoms with Gasteiger partial charge in [0.15, 0.2) is 0 Å². The lowest BCUT2D eigenvalue weighted by molar-refractivity contribution is -0.178. The summed E-state index contributed by atoms with van der Waals surface area (Å²) in [6, 6.07) is 0. The summed E-state index contributed by atoms with van der Waals surface area (Å²) >= 11 is 0. The van der Waals surface area contributed by atoms with E-state index in [1.165, 1.54) is 0 Å². The minimum absolute atomic E-state index is 0.0180. The summed E-state index contributed by atoms with van der Waals surface area (Å²) in [7, 11) is 0. The zero-order valence-electron chi connectivity index (χ0n) is 12.2. The number of nitrogens with two attached hydrogens (primary N) is 1. The normalized spacial score (nSPS) is 37.2. The van der Waals surface area contributed by atoms with Crippen molar-refractivity contribution in [1.82, 2.24) is 4.90 Å². The molecule has 2 rings (SSSR count). The van der Waals surface area contributed by atoms with Crippen LogP contribution in [0.5, 0.6) is 0 Å². The highest BCUT2D eigenvalue weighted by Gasteiger charge is 2.63. The van der Waals surface area contributed by atoms with Crippen molar-refractivity contribution in [2.24, 2.45) is 17.1 Å². The molecule has 0 spiro atoms. The van der Waals surface area contributed by atoms with Gasteiger partial charge in [-0.25, -0.2) is 0 Å². The number of carbonyl (C=O) groups excluding carboxylic acids is 1. The molecule has 1 aliphatic carbocycles. The van der Waals surface area contributed by atoms with Crippen molar-refractivity contribution in [2.45, 2.75) is 45.3 Å². The van der Waals surface area contributed by atoms with Gasteiger partial charge in [-0.05, 0) is 13.3 Å². The van der Waals surface area contributed by atoms with E-state index in [1.54, 1.807) is 0 Å². The Hall–Kier alpha value is -0.650. The number of hydrogen-bond acceptors (Lipinski definition) is 4. The van der Waals surface area contributed by atoms with Crippen LogP contribution in [0.25, 0.3) is 0 Å². The number of aliphatic hydroxyl groups excluding tert-OH is 1. The minimum atomic E-state index is -0.822. The number of ether oxygens (including phenoxy) is 1. The molecule has 1 aliphatic heterocycles. The molecule has 0 aromatic carbocycles. The summed E-state index contributed by atoms with van der Waals surface area (Å²) in [6.07, 6.45) is 1.52. The Kier molecular flexibility index (Phi) is 3.91. The van der Waals surface area contributed by atoms with E-state index in [1.807, 2.05) is 25.7 Å². The second-order valence-electron chi connectivity index (χ2n) is 6.43. The molecule has 2 aliphatic rings. The van der Waals surface area contributed by atoms with Gasteiger partial charge in [0.05, 0.1) is 6.10 Å². The van der Waals surface area contributed by atoms with Crippen molar-refractivity contribution in [3.8, 4) is 0 Å². The van der Waals surface area contributed by atoms with Crippen LogP contribution in [-0.4, -0.2) is 53.9 Å². The lowest BCUT2D eigenvalue weighted by Gasteiger charge is -2.58. The fraction of sp³-hybridized carbons (Fsp3) is 0.929. The maximum absolute atomic E-state index is 12.6. The fourth-order valence-electron chi connectivity index (χ4n) is 3.25. The molecule has 3 unspecified atom stereocenters. The third kappa shape index (κ3) is 2.18. The Labute approximate surface area is 115 Å². The largest absolute Gasteiger partial charge is 0.396 e. The lowest BCUT2D eigenvalue weighted by atomic mass is 9.54. The summed E-state index contributed by atoms with van der Waals surface area (Å²) in [5.41, 5.74) is 5.22. The second-order valence-corrected chi connectivity index (χ2v) is 6.43. The molecular weight excluding hydrogens is 244 g/mol. The molecule has 0 radical (unpaired) electrons. The maximum Gasteiger partial charge on any atom is 0.243 e. The highest BCUT2D eigenvalue weighted by molar-refractivity contribution is 5.89. The van der Waals surface area contributed by atoms with Crippen LogP contribution in [0.3, 0.4) is 0 Å². The maximum atomic E-state index is 12.6. The van der Waals surface area contributed by atoms with E-state index in [0.717, 1.165) is 6.42 Å². The first kappa shape index (κ1) is 14.8. The number of rotatable bonds is 4. The van der Waals surface area contributed by atoms with Crippen LogP contribution in [0.2, 0.25) is 0 Å². The van der Waals surface area contributed by atoms with Gasteiger partial charge in [-0.3, -0.25) is 4.79 Å². The molecule has 5 heteroatoms. The third-order valence-corrected chi connectivity index (χ3v) is 5.04. The van der Waals surface area contributed by atoms with E-state index >= 15 is 0 Å². The van der Waals surface area contributed by atoms with Crippen LogP contribution >= 0.6 is 0 Å². The third-order valence-electron chi connectivity index (χ3n) is 5.04. The second kappa shape index (κ2) is 5.04. The van der Waals surface area contributed by atoms with Crippen molar-refractivity contribution in [2.75, 3.05) is 26.3 Å². The molecule has 3 N–H and O–H groups in total. The molecule has 0 bridgehead atoms. The molecule has 5 nitrogen and oxygen atoms in total. The van der Waals surface area contributed by atoms with Gasteiger partial charge < -0.3 is 20.5 Å². The lowest BCUT2D eigenvalue weighted by Crippen LogP contribution is -2.75. The van der Waals surface area contributed by atoms with Crippen LogP contribution in [0.15, 0.2) is 0 Å². The predicted molar refractivity (Wildman–Crippen MR) is 72.5 cm³/mol. The highest BCUT2D eigenvalue weighted by Crippen LogP contribution is 2.50. The van der Waals surface area contributed by atoms with Crippen molar-refractivity contribution in [1.29, 1.82) is 0 Å². The molecular formula is C14H26N2O3. The van der Waals surface area contributed by atoms with Crippen LogP contribution in [0.1, 0.15) is 33.6 Å². The summed E-state index contributed by atoms with van der Waals surface area (Å²) in [4.78, 5) is 14.5. The van der Waals surface area contributed by atoms with Gasteiger partial charge in [-0.15, -0.1) is 0 Å². The molecule has 0 aromatic rings. The first-order valence-electron chi connectivity index (χ1n) is 7.17. The summed E-state index contributed by atoms with van der Waals surface area (Å²) in [5, 5.41) is 9.17. The van der Waals surface area contributed by atoms with Gasteiger partial charge in [0.1, 0.15) is 5.54 Å². The Morgan fingerprint density at radius 1 is 1.53 bits per heavy atom. The molecule has 1 saturated heterocycles. The fourth-order valence-corrected chi connectivity index (χ4v) is 3.25. The highest BCUT2D eigenvalue weighted by atomic mass is 16.5. The topological polar surface area (TPSA) is 75.8 Å². The molecule has 110 valence electrons. The van der Waals surface area contributed by atoms with E-state index in [4.69, 9.17) is 15.6 Å². The number of carbonyl (C=O) groups is 1. The average Bonchev–Trinajstić information content (AvgIpc) is 2.86. The van der Waals surface area contributed by atoms with Crippen molar-refractivity contribution in [3.63, 3.8) is 0 Å². The average molecular weight is 270 g/mol. The smallest absolute Gasteiger partial charge is 0.243 e.